The van der Waals surface area contributed by atoms with Crippen molar-refractivity contribution in [3.63, 3.8) is 0 Å². The minimum Gasteiger partial charge on any atom is -0.478 e. The Labute approximate surface area is 118 Å². The van der Waals surface area contributed by atoms with Crippen LogP contribution in [0.2, 0.25) is 0 Å². The highest BCUT2D eigenvalue weighted by Crippen LogP contribution is 2.33. The average Bonchev–Trinajstić information content (AvgIpc) is 3.21. The van der Waals surface area contributed by atoms with Crippen molar-refractivity contribution in [3.8, 4) is 0 Å². The SMILES string of the molecule is Cc1ccc(NC(=O)NCCCC2CC2)cc1C(=O)O. The predicted molar refractivity (Wildman–Crippen MR) is 77.1 cm³/mol. The Morgan fingerprint density at radius 1 is 1.35 bits per heavy atom. The number of aryl methyl sites for hydroxylation is 1. The van der Waals surface area contributed by atoms with E-state index in [0.717, 1.165) is 12.3 Å². The summed E-state index contributed by atoms with van der Waals surface area (Å²) in [5.74, 6) is -0.119. The normalized spacial score (nSPS) is 13.8. The van der Waals surface area contributed by atoms with Gasteiger partial charge < -0.3 is 15.7 Å². The first-order valence-corrected chi connectivity index (χ1v) is 6.95. The molecule has 3 N–H and O–H groups in total. The van der Waals surface area contributed by atoms with E-state index < -0.39 is 5.97 Å². The topological polar surface area (TPSA) is 78.4 Å². The number of benzene rings is 1. The number of aromatic carboxylic acids is 1. The lowest BCUT2D eigenvalue weighted by atomic mass is 10.1. The molecule has 108 valence electrons. The molecule has 1 saturated carbocycles. The van der Waals surface area contributed by atoms with Gasteiger partial charge >= 0.3 is 12.0 Å². The summed E-state index contributed by atoms with van der Waals surface area (Å²) in [4.78, 5) is 22.7. The zero-order valence-corrected chi connectivity index (χ0v) is 11.6. The number of carboxylic acids is 1. The van der Waals surface area contributed by atoms with Crippen molar-refractivity contribution in [2.45, 2.75) is 32.6 Å². The van der Waals surface area contributed by atoms with E-state index in [2.05, 4.69) is 10.6 Å². The van der Waals surface area contributed by atoms with Crippen molar-refractivity contribution >= 4 is 17.7 Å². The lowest BCUT2D eigenvalue weighted by Crippen LogP contribution is -2.29. The largest absolute Gasteiger partial charge is 0.478 e. The first kappa shape index (κ1) is 14.4. The zero-order chi connectivity index (χ0) is 14.5. The maximum Gasteiger partial charge on any atom is 0.336 e. The number of nitrogens with one attached hydrogen (secondary N) is 2. The van der Waals surface area contributed by atoms with Crippen molar-refractivity contribution < 1.29 is 14.7 Å². The number of carbonyl (C=O) groups excluding carboxylic acids is 1. The van der Waals surface area contributed by atoms with Crippen LogP contribution in [0.1, 0.15) is 41.6 Å². The van der Waals surface area contributed by atoms with Gasteiger partial charge in [0.25, 0.3) is 0 Å². The van der Waals surface area contributed by atoms with Gasteiger partial charge in [-0.25, -0.2) is 9.59 Å². The number of carboxylic acid groups (broad SMARTS) is 1. The van der Waals surface area contributed by atoms with Gasteiger partial charge in [-0.1, -0.05) is 18.9 Å². The van der Waals surface area contributed by atoms with Crippen molar-refractivity contribution in [1.29, 1.82) is 0 Å². The first-order chi connectivity index (χ1) is 9.56. The molecule has 1 aromatic carbocycles. The molecule has 1 fully saturated rings. The van der Waals surface area contributed by atoms with Crippen LogP contribution in [0, 0.1) is 12.8 Å². The summed E-state index contributed by atoms with van der Waals surface area (Å²) in [7, 11) is 0. The van der Waals surface area contributed by atoms with Crippen LogP contribution in [0.15, 0.2) is 18.2 Å². The summed E-state index contributed by atoms with van der Waals surface area (Å²) in [5.41, 5.74) is 1.37. The third-order valence-corrected chi connectivity index (χ3v) is 3.50. The number of hydrogen-bond donors (Lipinski definition) is 3. The third kappa shape index (κ3) is 4.26. The number of rotatable bonds is 6. The molecule has 0 atom stereocenters. The van der Waals surface area contributed by atoms with Crippen LogP contribution in [-0.2, 0) is 0 Å². The van der Waals surface area contributed by atoms with Gasteiger partial charge in [0.2, 0.25) is 0 Å². The maximum atomic E-state index is 11.7. The molecule has 5 heteroatoms. The smallest absolute Gasteiger partial charge is 0.336 e. The first-order valence-electron chi connectivity index (χ1n) is 6.95. The van der Waals surface area contributed by atoms with Crippen molar-refractivity contribution in [1.82, 2.24) is 5.32 Å². The molecule has 0 heterocycles. The molecule has 0 aromatic heterocycles. The van der Waals surface area contributed by atoms with E-state index in [4.69, 9.17) is 5.11 Å². The Balaban J connectivity index is 1.80. The molecule has 1 aromatic rings. The molecule has 5 nitrogen and oxygen atoms in total. The van der Waals surface area contributed by atoms with Crippen LogP contribution in [0.25, 0.3) is 0 Å². The number of carbonyl (C=O) groups is 2. The highest BCUT2D eigenvalue weighted by atomic mass is 16.4. The number of urea groups is 1. The van der Waals surface area contributed by atoms with Crippen LogP contribution in [0.5, 0.6) is 0 Å². The van der Waals surface area contributed by atoms with Crippen molar-refractivity contribution in [2.24, 2.45) is 5.92 Å². The number of amides is 2. The standard InChI is InChI=1S/C15H20N2O3/c1-10-4-7-12(9-13(10)14(18)19)17-15(20)16-8-2-3-11-5-6-11/h4,7,9,11H,2-3,5-6,8H2,1H3,(H,18,19)(H2,16,17,20). The molecule has 1 aliphatic rings. The van der Waals surface area contributed by atoms with E-state index in [1.54, 1.807) is 19.1 Å². The Kier molecular flexibility index (Phi) is 4.61. The lowest BCUT2D eigenvalue weighted by molar-refractivity contribution is 0.0696. The van der Waals surface area contributed by atoms with Crippen LogP contribution in [0.3, 0.4) is 0 Å². The molecule has 0 unspecified atom stereocenters. The fraction of sp³-hybridized carbons (Fsp3) is 0.467. The van der Waals surface area contributed by atoms with E-state index in [1.165, 1.54) is 25.3 Å². The van der Waals surface area contributed by atoms with Gasteiger partial charge in [0.15, 0.2) is 0 Å². The van der Waals surface area contributed by atoms with Gasteiger partial charge in [0.1, 0.15) is 0 Å². The lowest BCUT2D eigenvalue weighted by Gasteiger charge is -2.09. The molecule has 0 spiro atoms. The van der Waals surface area contributed by atoms with E-state index in [0.29, 0.717) is 17.8 Å². The van der Waals surface area contributed by atoms with Crippen LogP contribution in [-0.4, -0.2) is 23.7 Å². The third-order valence-electron chi connectivity index (χ3n) is 3.50. The van der Waals surface area contributed by atoms with Crippen molar-refractivity contribution in [2.75, 3.05) is 11.9 Å². The van der Waals surface area contributed by atoms with Gasteiger partial charge in [-0.15, -0.1) is 0 Å². The molecule has 0 bridgehead atoms. The highest BCUT2D eigenvalue weighted by molar-refractivity contribution is 5.94. The Bertz CT molecular complexity index is 510. The molecule has 0 radical (unpaired) electrons. The minimum atomic E-state index is -0.990. The van der Waals surface area contributed by atoms with Crippen LogP contribution < -0.4 is 10.6 Å². The van der Waals surface area contributed by atoms with Crippen LogP contribution in [0.4, 0.5) is 10.5 Å². The molecule has 0 aliphatic heterocycles. The Morgan fingerprint density at radius 2 is 2.10 bits per heavy atom. The average molecular weight is 276 g/mol. The highest BCUT2D eigenvalue weighted by Gasteiger charge is 2.20. The van der Waals surface area contributed by atoms with E-state index in [9.17, 15) is 9.59 Å². The molecule has 20 heavy (non-hydrogen) atoms. The summed E-state index contributed by atoms with van der Waals surface area (Å²) in [6, 6.07) is 4.57. The second kappa shape index (κ2) is 6.41. The van der Waals surface area contributed by atoms with Gasteiger partial charge in [0.05, 0.1) is 5.56 Å². The summed E-state index contributed by atoms with van der Waals surface area (Å²) in [6.45, 7) is 2.38. The molecule has 2 rings (SSSR count). The molecule has 0 saturated heterocycles. The summed E-state index contributed by atoms with van der Waals surface area (Å²) in [5, 5.41) is 14.5. The fourth-order valence-electron chi connectivity index (χ4n) is 2.10. The fourth-order valence-corrected chi connectivity index (χ4v) is 2.10. The Morgan fingerprint density at radius 3 is 2.75 bits per heavy atom. The second-order valence-corrected chi connectivity index (χ2v) is 5.30. The van der Waals surface area contributed by atoms with Gasteiger partial charge in [-0.3, -0.25) is 0 Å². The maximum absolute atomic E-state index is 11.7. The molecular weight excluding hydrogens is 256 g/mol. The number of hydrogen-bond acceptors (Lipinski definition) is 2. The minimum absolute atomic E-state index is 0.205. The van der Waals surface area contributed by atoms with Gasteiger partial charge in [0, 0.05) is 12.2 Å². The monoisotopic (exact) mass is 276 g/mol. The second-order valence-electron chi connectivity index (χ2n) is 5.30. The summed E-state index contributed by atoms with van der Waals surface area (Å²) in [6.07, 6.45) is 4.82. The molecule has 2 amide bonds. The predicted octanol–water partition coefficient (Wildman–Crippen LogP) is 3.00. The van der Waals surface area contributed by atoms with E-state index in [1.807, 2.05) is 0 Å². The van der Waals surface area contributed by atoms with Gasteiger partial charge in [-0.05, 0) is 43.4 Å². The van der Waals surface area contributed by atoms with E-state index >= 15 is 0 Å². The van der Waals surface area contributed by atoms with Gasteiger partial charge in [-0.2, -0.15) is 0 Å². The summed E-state index contributed by atoms with van der Waals surface area (Å²) >= 11 is 0. The van der Waals surface area contributed by atoms with Crippen molar-refractivity contribution in [3.05, 3.63) is 29.3 Å². The summed E-state index contributed by atoms with van der Waals surface area (Å²) < 4.78 is 0. The zero-order valence-electron chi connectivity index (χ0n) is 11.6. The molecule has 1 aliphatic carbocycles. The Hall–Kier alpha value is -2.04. The van der Waals surface area contributed by atoms with Crippen LogP contribution >= 0.6 is 0 Å². The molecular formula is C15H20N2O3. The number of anilines is 1. The quantitative estimate of drug-likeness (QED) is 0.699. The van der Waals surface area contributed by atoms with E-state index in [-0.39, 0.29) is 11.6 Å².